The van der Waals surface area contributed by atoms with Gasteiger partial charge in [0.25, 0.3) is 5.91 Å². The van der Waals surface area contributed by atoms with Crippen LogP contribution in [0.4, 0.5) is 0 Å². The molecular formula is C14H13N3O2. The fourth-order valence-corrected chi connectivity index (χ4v) is 1.42. The first-order chi connectivity index (χ1) is 9.29. The van der Waals surface area contributed by atoms with Crippen LogP contribution in [0.1, 0.15) is 15.9 Å². The number of pyridine rings is 1. The summed E-state index contributed by atoms with van der Waals surface area (Å²) in [4.78, 5) is 15.6. The summed E-state index contributed by atoms with van der Waals surface area (Å²) in [7, 11) is 1.58. The van der Waals surface area contributed by atoms with Crippen LogP contribution in [-0.2, 0) is 0 Å². The van der Waals surface area contributed by atoms with Crippen LogP contribution in [0, 0.1) is 0 Å². The van der Waals surface area contributed by atoms with Crippen molar-refractivity contribution in [2.75, 3.05) is 7.11 Å². The zero-order chi connectivity index (χ0) is 13.5. The maximum absolute atomic E-state index is 11.8. The van der Waals surface area contributed by atoms with E-state index < -0.39 is 0 Å². The summed E-state index contributed by atoms with van der Waals surface area (Å²) >= 11 is 0. The Morgan fingerprint density at radius 1 is 1.21 bits per heavy atom. The molecule has 96 valence electrons. The lowest BCUT2D eigenvalue weighted by Crippen LogP contribution is -2.17. The van der Waals surface area contributed by atoms with E-state index in [4.69, 9.17) is 4.74 Å². The summed E-state index contributed by atoms with van der Waals surface area (Å²) in [5.74, 6) is 0.435. The number of hydrogen-bond acceptors (Lipinski definition) is 4. The highest BCUT2D eigenvalue weighted by Crippen LogP contribution is 2.10. The number of hydrazone groups is 1. The molecule has 1 amide bonds. The largest absolute Gasteiger partial charge is 0.497 e. The minimum atomic E-state index is -0.270. The molecule has 1 heterocycles. The molecule has 1 N–H and O–H groups in total. The summed E-state index contributed by atoms with van der Waals surface area (Å²) in [6.45, 7) is 0. The Hall–Kier alpha value is -2.69. The Bertz CT molecular complexity index is 565. The second-order valence-electron chi connectivity index (χ2n) is 3.71. The Kier molecular flexibility index (Phi) is 4.23. The van der Waals surface area contributed by atoms with Crippen LogP contribution in [0.3, 0.4) is 0 Å². The SMILES string of the molecule is COc1ccc(C(=O)N/N=C\c2ccncc2)cc1. The first kappa shape index (κ1) is 12.8. The van der Waals surface area contributed by atoms with Gasteiger partial charge in [-0.3, -0.25) is 9.78 Å². The molecule has 2 rings (SSSR count). The van der Waals surface area contributed by atoms with Gasteiger partial charge >= 0.3 is 0 Å². The minimum absolute atomic E-state index is 0.270. The molecule has 0 fully saturated rings. The van der Waals surface area contributed by atoms with Crippen LogP contribution >= 0.6 is 0 Å². The summed E-state index contributed by atoms with van der Waals surface area (Å²) in [5.41, 5.74) is 3.84. The quantitative estimate of drug-likeness (QED) is 0.670. The monoisotopic (exact) mass is 255 g/mol. The van der Waals surface area contributed by atoms with Crippen molar-refractivity contribution in [1.29, 1.82) is 0 Å². The lowest BCUT2D eigenvalue weighted by Gasteiger charge is -2.01. The zero-order valence-electron chi connectivity index (χ0n) is 10.4. The van der Waals surface area contributed by atoms with Gasteiger partial charge < -0.3 is 4.74 Å². The number of benzene rings is 1. The standard InChI is InChI=1S/C14H13N3O2/c1-19-13-4-2-12(3-5-13)14(18)17-16-10-11-6-8-15-9-7-11/h2-10H,1H3,(H,17,18)/b16-10-. The molecular weight excluding hydrogens is 242 g/mol. The van der Waals surface area contributed by atoms with Crippen molar-refractivity contribution in [1.82, 2.24) is 10.4 Å². The molecule has 0 aliphatic carbocycles. The molecule has 0 radical (unpaired) electrons. The smallest absolute Gasteiger partial charge is 0.271 e. The average Bonchev–Trinajstić information content (AvgIpc) is 2.48. The molecule has 0 aliphatic rings. The van der Waals surface area contributed by atoms with E-state index in [2.05, 4.69) is 15.5 Å². The first-order valence-corrected chi connectivity index (χ1v) is 5.67. The van der Waals surface area contributed by atoms with Gasteiger partial charge in [-0.1, -0.05) is 0 Å². The van der Waals surface area contributed by atoms with Gasteiger partial charge in [0.2, 0.25) is 0 Å². The van der Waals surface area contributed by atoms with Crippen molar-refractivity contribution in [3.8, 4) is 5.75 Å². The Morgan fingerprint density at radius 2 is 1.89 bits per heavy atom. The molecule has 5 nitrogen and oxygen atoms in total. The normalized spacial score (nSPS) is 10.4. The number of nitrogens with zero attached hydrogens (tertiary/aromatic N) is 2. The fourth-order valence-electron chi connectivity index (χ4n) is 1.42. The highest BCUT2D eigenvalue weighted by Gasteiger charge is 2.03. The summed E-state index contributed by atoms with van der Waals surface area (Å²) in [6, 6.07) is 10.4. The topological polar surface area (TPSA) is 63.6 Å². The van der Waals surface area contributed by atoms with E-state index in [1.54, 1.807) is 62.1 Å². The Balaban J connectivity index is 1.95. The van der Waals surface area contributed by atoms with Gasteiger partial charge in [-0.25, -0.2) is 5.43 Å². The molecule has 0 aliphatic heterocycles. The number of methoxy groups -OCH3 is 1. The van der Waals surface area contributed by atoms with Gasteiger partial charge in [-0.05, 0) is 42.0 Å². The zero-order valence-corrected chi connectivity index (χ0v) is 10.4. The van der Waals surface area contributed by atoms with Crippen molar-refractivity contribution in [3.05, 3.63) is 59.9 Å². The Labute approximate surface area is 110 Å². The van der Waals surface area contributed by atoms with Gasteiger partial charge in [0.1, 0.15) is 5.75 Å². The van der Waals surface area contributed by atoms with Gasteiger partial charge in [0.05, 0.1) is 13.3 Å². The molecule has 0 atom stereocenters. The summed E-state index contributed by atoms with van der Waals surface area (Å²) < 4.78 is 5.02. The maximum Gasteiger partial charge on any atom is 0.271 e. The van der Waals surface area contributed by atoms with E-state index in [9.17, 15) is 4.79 Å². The highest BCUT2D eigenvalue weighted by molar-refractivity contribution is 5.94. The van der Waals surface area contributed by atoms with Crippen molar-refractivity contribution in [3.63, 3.8) is 0 Å². The van der Waals surface area contributed by atoms with Gasteiger partial charge in [0, 0.05) is 18.0 Å². The van der Waals surface area contributed by atoms with Crippen LogP contribution < -0.4 is 10.2 Å². The van der Waals surface area contributed by atoms with E-state index in [0.29, 0.717) is 11.3 Å². The molecule has 0 saturated heterocycles. The maximum atomic E-state index is 11.8. The molecule has 1 aromatic carbocycles. The minimum Gasteiger partial charge on any atom is -0.497 e. The third kappa shape index (κ3) is 3.64. The van der Waals surface area contributed by atoms with Crippen molar-refractivity contribution in [2.45, 2.75) is 0 Å². The molecule has 5 heteroatoms. The molecule has 2 aromatic rings. The predicted octanol–water partition coefficient (Wildman–Crippen LogP) is 1.85. The van der Waals surface area contributed by atoms with E-state index in [1.807, 2.05) is 0 Å². The van der Waals surface area contributed by atoms with Crippen molar-refractivity contribution < 1.29 is 9.53 Å². The highest BCUT2D eigenvalue weighted by atomic mass is 16.5. The van der Waals surface area contributed by atoms with E-state index >= 15 is 0 Å². The molecule has 1 aromatic heterocycles. The van der Waals surface area contributed by atoms with Gasteiger partial charge in [-0.2, -0.15) is 5.10 Å². The van der Waals surface area contributed by atoms with Crippen LogP contribution in [0.5, 0.6) is 5.75 Å². The first-order valence-electron chi connectivity index (χ1n) is 5.67. The molecule has 19 heavy (non-hydrogen) atoms. The van der Waals surface area contributed by atoms with E-state index in [-0.39, 0.29) is 5.91 Å². The number of amides is 1. The lowest BCUT2D eigenvalue weighted by molar-refractivity contribution is 0.0955. The number of carbonyl (C=O) groups is 1. The lowest BCUT2D eigenvalue weighted by atomic mass is 10.2. The second kappa shape index (κ2) is 6.30. The van der Waals surface area contributed by atoms with Crippen LogP contribution in [0.25, 0.3) is 0 Å². The third-order valence-corrected chi connectivity index (χ3v) is 2.44. The summed E-state index contributed by atoms with van der Waals surface area (Å²) in [5, 5.41) is 3.88. The van der Waals surface area contributed by atoms with Crippen LogP contribution in [-0.4, -0.2) is 24.2 Å². The molecule has 0 spiro atoms. The summed E-state index contributed by atoms with van der Waals surface area (Å²) in [6.07, 6.45) is 4.88. The number of aromatic nitrogens is 1. The molecule has 0 bridgehead atoms. The van der Waals surface area contributed by atoms with E-state index in [0.717, 1.165) is 5.56 Å². The predicted molar refractivity (Wildman–Crippen MR) is 72.3 cm³/mol. The second-order valence-corrected chi connectivity index (χ2v) is 3.71. The van der Waals surface area contributed by atoms with E-state index in [1.165, 1.54) is 0 Å². The molecule has 0 unspecified atom stereocenters. The van der Waals surface area contributed by atoms with Crippen LogP contribution in [0.15, 0.2) is 53.9 Å². The number of rotatable bonds is 4. The van der Waals surface area contributed by atoms with Crippen molar-refractivity contribution in [2.24, 2.45) is 5.10 Å². The van der Waals surface area contributed by atoms with Crippen molar-refractivity contribution >= 4 is 12.1 Å². The average molecular weight is 255 g/mol. The van der Waals surface area contributed by atoms with Gasteiger partial charge in [-0.15, -0.1) is 0 Å². The number of carbonyl (C=O) groups excluding carboxylic acids is 1. The number of ether oxygens (including phenoxy) is 1. The Morgan fingerprint density at radius 3 is 2.53 bits per heavy atom. The fraction of sp³-hybridized carbons (Fsp3) is 0.0714. The number of hydrogen-bond donors (Lipinski definition) is 1. The number of nitrogens with one attached hydrogen (secondary N) is 1. The molecule has 0 saturated carbocycles. The third-order valence-electron chi connectivity index (χ3n) is 2.44. The van der Waals surface area contributed by atoms with Crippen LogP contribution in [0.2, 0.25) is 0 Å². The van der Waals surface area contributed by atoms with Gasteiger partial charge in [0.15, 0.2) is 0 Å².